The van der Waals surface area contributed by atoms with Crippen LogP contribution < -0.4 is 5.32 Å². The summed E-state index contributed by atoms with van der Waals surface area (Å²) in [5, 5.41) is 3.71. The maximum absolute atomic E-state index is 13.0. The van der Waals surface area contributed by atoms with E-state index in [1.165, 1.54) is 31.2 Å². The lowest BCUT2D eigenvalue weighted by molar-refractivity contribution is 0.354. The number of halogens is 1. The predicted octanol–water partition coefficient (Wildman–Crippen LogP) is 3.45. The van der Waals surface area contributed by atoms with Crippen LogP contribution in [-0.4, -0.2) is 12.6 Å². The smallest absolute Gasteiger partial charge is 0.123 e. The Balaban J connectivity index is 1.50. The second kappa shape index (κ2) is 5.00. The Morgan fingerprint density at radius 1 is 1.28 bits per heavy atom. The number of hydrogen-bond donors (Lipinski definition) is 1. The summed E-state index contributed by atoms with van der Waals surface area (Å²) in [5.74, 6) is 1.81. The molecule has 0 aromatic heterocycles. The van der Waals surface area contributed by atoms with Crippen LogP contribution in [0, 0.1) is 24.6 Å². The quantitative estimate of drug-likeness (QED) is 0.859. The molecule has 1 aromatic rings. The second-order valence-electron chi connectivity index (χ2n) is 6.06. The lowest BCUT2D eigenvalue weighted by Crippen LogP contribution is -2.35. The highest BCUT2D eigenvalue weighted by molar-refractivity contribution is 5.26. The lowest BCUT2D eigenvalue weighted by Gasteiger charge is -2.23. The van der Waals surface area contributed by atoms with E-state index in [0.717, 1.165) is 36.4 Å². The summed E-state index contributed by atoms with van der Waals surface area (Å²) in [5.41, 5.74) is 2.34. The van der Waals surface area contributed by atoms with Gasteiger partial charge in [0, 0.05) is 6.04 Å². The molecule has 2 aliphatic carbocycles. The third-order valence-corrected chi connectivity index (χ3v) is 4.84. The van der Waals surface area contributed by atoms with Crippen LogP contribution in [0.15, 0.2) is 18.2 Å². The van der Waals surface area contributed by atoms with Crippen molar-refractivity contribution < 1.29 is 4.39 Å². The molecular formula is C16H22FN. The summed E-state index contributed by atoms with van der Waals surface area (Å²) >= 11 is 0. The highest BCUT2D eigenvalue weighted by Gasteiger charge is 2.38. The number of fused-ring (bicyclic) bond motifs is 2. The molecule has 18 heavy (non-hydrogen) atoms. The van der Waals surface area contributed by atoms with Gasteiger partial charge in [-0.3, -0.25) is 0 Å². The molecule has 1 aromatic carbocycles. The van der Waals surface area contributed by atoms with E-state index < -0.39 is 0 Å². The zero-order valence-corrected chi connectivity index (χ0v) is 11.1. The lowest BCUT2D eigenvalue weighted by atomic mass is 9.95. The molecule has 0 spiro atoms. The third-order valence-electron chi connectivity index (χ3n) is 4.84. The van der Waals surface area contributed by atoms with E-state index in [9.17, 15) is 4.39 Å². The molecule has 0 heterocycles. The monoisotopic (exact) mass is 247 g/mol. The van der Waals surface area contributed by atoms with Crippen molar-refractivity contribution >= 4 is 0 Å². The van der Waals surface area contributed by atoms with Crippen LogP contribution in [0.5, 0.6) is 0 Å². The van der Waals surface area contributed by atoms with Gasteiger partial charge >= 0.3 is 0 Å². The first-order chi connectivity index (χ1) is 8.72. The molecule has 2 heteroatoms. The number of nitrogens with one attached hydrogen (secondary N) is 1. The van der Waals surface area contributed by atoms with Crippen LogP contribution in [-0.2, 0) is 6.42 Å². The number of rotatable bonds is 4. The second-order valence-corrected chi connectivity index (χ2v) is 6.06. The SMILES string of the molecule is Cc1cc(F)ccc1CCNC1CC2CCC1C2. The fraction of sp³-hybridized carbons (Fsp3) is 0.625. The number of aryl methyl sites for hydroxylation is 1. The van der Waals surface area contributed by atoms with Crippen molar-refractivity contribution in [1.82, 2.24) is 5.32 Å². The van der Waals surface area contributed by atoms with Gasteiger partial charge in [-0.15, -0.1) is 0 Å². The van der Waals surface area contributed by atoms with Crippen LogP contribution in [0.25, 0.3) is 0 Å². The van der Waals surface area contributed by atoms with Gasteiger partial charge in [-0.05, 0) is 74.2 Å². The fourth-order valence-corrected chi connectivity index (χ4v) is 3.83. The van der Waals surface area contributed by atoms with Crippen molar-refractivity contribution in [3.05, 3.63) is 35.1 Å². The number of hydrogen-bond acceptors (Lipinski definition) is 1. The Bertz CT molecular complexity index is 429. The Morgan fingerprint density at radius 3 is 2.83 bits per heavy atom. The molecule has 3 atom stereocenters. The molecule has 2 aliphatic rings. The average Bonchev–Trinajstić information content (AvgIpc) is 2.94. The first-order valence-electron chi connectivity index (χ1n) is 7.21. The molecular weight excluding hydrogens is 225 g/mol. The van der Waals surface area contributed by atoms with Gasteiger partial charge in [-0.25, -0.2) is 4.39 Å². The summed E-state index contributed by atoms with van der Waals surface area (Å²) in [6.45, 7) is 3.02. The van der Waals surface area contributed by atoms with Gasteiger partial charge in [0.05, 0.1) is 0 Å². The van der Waals surface area contributed by atoms with Crippen molar-refractivity contribution in [1.29, 1.82) is 0 Å². The highest BCUT2D eigenvalue weighted by atomic mass is 19.1. The largest absolute Gasteiger partial charge is 0.313 e. The summed E-state index contributed by atoms with van der Waals surface area (Å²) < 4.78 is 13.0. The predicted molar refractivity (Wildman–Crippen MR) is 72.1 cm³/mol. The molecule has 2 saturated carbocycles. The Morgan fingerprint density at radius 2 is 2.17 bits per heavy atom. The minimum absolute atomic E-state index is 0.127. The van der Waals surface area contributed by atoms with E-state index >= 15 is 0 Å². The molecule has 0 aliphatic heterocycles. The summed E-state index contributed by atoms with van der Waals surface area (Å²) in [6, 6.07) is 5.88. The van der Waals surface area contributed by atoms with Crippen molar-refractivity contribution in [3.8, 4) is 0 Å². The first kappa shape index (κ1) is 12.2. The third kappa shape index (κ3) is 2.44. The Hall–Kier alpha value is -0.890. The summed E-state index contributed by atoms with van der Waals surface area (Å²) in [4.78, 5) is 0. The topological polar surface area (TPSA) is 12.0 Å². The fourth-order valence-electron chi connectivity index (χ4n) is 3.83. The van der Waals surface area contributed by atoms with Crippen molar-refractivity contribution in [2.75, 3.05) is 6.54 Å². The maximum atomic E-state index is 13.0. The van der Waals surface area contributed by atoms with E-state index in [2.05, 4.69) is 5.32 Å². The van der Waals surface area contributed by atoms with Gasteiger partial charge in [-0.2, -0.15) is 0 Å². The van der Waals surface area contributed by atoms with Gasteiger partial charge in [-0.1, -0.05) is 12.5 Å². The number of benzene rings is 1. The van der Waals surface area contributed by atoms with E-state index in [1.807, 2.05) is 13.0 Å². The zero-order chi connectivity index (χ0) is 12.5. The van der Waals surface area contributed by atoms with Crippen LogP contribution in [0.4, 0.5) is 4.39 Å². The molecule has 1 N–H and O–H groups in total. The van der Waals surface area contributed by atoms with Crippen molar-refractivity contribution in [3.63, 3.8) is 0 Å². The zero-order valence-electron chi connectivity index (χ0n) is 11.1. The van der Waals surface area contributed by atoms with E-state index in [-0.39, 0.29) is 5.82 Å². The Labute approximate surface area is 109 Å². The molecule has 2 bridgehead atoms. The van der Waals surface area contributed by atoms with Gasteiger partial charge in [0.1, 0.15) is 5.82 Å². The normalized spacial score (nSPS) is 30.0. The highest BCUT2D eigenvalue weighted by Crippen LogP contribution is 2.44. The molecule has 3 rings (SSSR count). The minimum Gasteiger partial charge on any atom is -0.313 e. The average molecular weight is 247 g/mol. The summed E-state index contributed by atoms with van der Waals surface area (Å²) in [6.07, 6.45) is 6.73. The van der Waals surface area contributed by atoms with Gasteiger partial charge < -0.3 is 5.32 Å². The van der Waals surface area contributed by atoms with Gasteiger partial charge in [0.15, 0.2) is 0 Å². The van der Waals surface area contributed by atoms with Gasteiger partial charge in [0.2, 0.25) is 0 Å². The van der Waals surface area contributed by atoms with Gasteiger partial charge in [0.25, 0.3) is 0 Å². The van der Waals surface area contributed by atoms with Crippen LogP contribution >= 0.6 is 0 Å². The standard InChI is InChI=1S/C16H22FN/c1-11-8-15(17)5-4-13(11)6-7-18-16-10-12-2-3-14(16)9-12/h4-5,8,12,14,16,18H,2-3,6-7,9-10H2,1H3. The maximum Gasteiger partial charge on any atom is 0.123 e. The molecule has 0 amide bonds. The molecule has 0 radical (unpaired) electrons. The molecule has 0 saturated heterocycles. The van der Waals surface area contributed by atoms with E-state index in [1.54, 1.807) is 12.1 Å². The van der Waals surface area contributed by atoms with E-state index in [4.69, 9.17) is 0 Å². The Kier molecular flexibility index (Phi) is 3.38. The molecule has 3 unspecified atom stereocenters. The van der Waals surface area contributed by atoms with Crippen molar-refractivity contribution in [2.24, 2.45) is 11.8 Å². The van der Waals surface area contributed by atoms with Crippen LogP contribution in [0.2, 0.25) is 0 Å². The first-order valence-corrected chi connectivity index (χ1v) is 7.21. The minimum atomic E-state index is -0.127. The van der Waals surface area contributed by atoms with Crippen LogP contribution in [0.1, 0.15) is 36.8 Å². The molecule has 98 valence electrons. The molecule has 2 fully saturated rings. The summed E-state index contributed by atoms with van der Waals surface area (Å²) in [7, 11) is 0. The van der Waals surface area contributed by atoms with Crippen molar-refractivity contribution in [2.45, 2.75) is 45.1 Å². The molecule has 1 nitrogen and oxygen atoms in total. The van der Waals surface area contributed by atoms with Crippen LogP contribution in [0.3, 0.4) is 0 Å². The van der Waals surface area contributed by atoms with E-state index in [0.29, 0.717) is 0 Å².